The van der Waals surface area contributed by atoms with Crippen LogP contribution >= 0.6 is 0 Å². The number of nitrogens with zero attached hydrogens (tertiary/aromatic N) is 1. The second kappa shape index (κ2) is 6.40. The number of hydrogen-bond acceptors (Lipinski definition) is 2. The summed E-state index contributed by atoms with van der Waals surface area (Å²) in [6.07, 6.45) is 0. The van der Waals surface area contributed by atoms with Gasteiger partial charge in [-0.1, -0.05) is 62.4 Å². The lowest BCUT2D eigenvalue weighted by molar-refractivity contribution is 0.296. The summed E-state index contributed by atoms with van der Waals surface area (Å²) in [7, 11) is 0. The van der Waals surface area contributed by atoms with Crippen LogP contribution in [0.3, 0.4) is 0 Å². The van der Waals surface area contributed by atoms with E-state index in [9.17, 15) is 0 Å². The average Bonchev–Trinajstić information content (AvgIpc) is 3.11. The normalized spacial score (nSPS) is 12.1. The van der Waals surface area contributed by atoms with E-state index in [2.05, 4.69) is 85.5 Å². The van der Waals surface area contributed by atoms with E-state index in [1.165, 1.54) is 37.9 Å². The van der Waals surface area contributed by atoms with Crippen molar-refractivity contribution in [3.8, 4) is 0 Å². The van der Waals surface area contributed by atoms with Crippen molar-refractivity contribution in [3.63, 3.8) is 0 Å². The van der Waals surface area contributed by atoms with E-state index in [1.54, 1.807) is 0 Å². The van der Waals surface area contributed by atoms with Crippen molar-refractivity contribution in [2.45, 2.75) is 20.4 Å². The summed E-state index contributed by atoms with van der Waals surface area (Å²) in [5.74, 6) is 0. The Labute approximate surface area is 159 Å². The van der Waals surface area contributed by atoms with Crippen molar-refractivity contribution in [3.05, 3.63) is 72.3 Å². The summed E-state index contributed by atoms with van der Waals surface area (Å²) in [6, 6.07) is 24.0. The minimum atomic E-state index is 0.963. The Morgan fingerprint density at radius 2 is 1.33 bits per heavy atom. The zero-order valence-corrected chi connectivity index (χ0v) is 15.8. The fraction of sp³-hybridized carbons (Fsp3) is 0.200. The summed E-state index contributed by atoms with van der Waals surface area (Å²) in [5.41, 5.74) is 3.28. The molecule has 0 aliphatic carbocycles. The van der Waals surface area contributed by atoms with Crippen molar-refractivity contribution < 1.29 is 4.42 Å². The maximum absolute atomic E-state index is 6.22. The first-order valence-electron chi connectivity index (χ1n) is 9.76. The van der Waals surface area contributed by atoms with Crippen molar-refractivity contribution in [1.29, 1.82) is 0 Å². The summed E-state index contributed by atoms with van der Waals surface area (Å²) >= 11 is 0. The van der Waals surface area contributed by atoms with Crippen LogP contribution in [0.15, 0.2) is 71.1 Å². The smallest absolute Gasteiger partial charge is 0.136 e. The third-order valence-corrected chi connectivity index (χ3v) is 5.71. The van der Waals surface area contributed by atoms with Crippen molar-refractivity contribution in [2.24, 2.45) is 0 Å². The first kappa shape index (κ1) is 16.3. The molecule has 5 rings (SSSR count). The van der Waals surface area contributed by atoms with Gasteiger partial charge in [0.2, 0.25) is 0 Å². The molecule has 134 valence electrons. The zero-order valence-electron chi connectivity index (χ0n) is 15.8. The van der Waals surface area contributed by atoms with E-state index in [4.69, 9.17) is 4.42 Å². The summed E-state index contributed by atoms with van der Waals surface area (Å²) in [5, 5.41) is 7.53. The van der Waals surface area contributed by atoms with E-state index >= 15 is 0 Å². The molecule has 0 fully saturated rings. The minimum absolute atomic E-state index is 0.963. The predicted octanol–water partition coefficient (Wildman–Crippen LogP) is 6.73. The van der Waals surface area contributed by atoms with Crippen LogP contribution < -0.4 is 0 Å². The van der Waals surface area contributed by atoms with Crippen molar-refractivity contribution >= 4 is 43.5 Å². The fourth-order valence-corrected chi connectivity index (χ4v) is 4.21. The Morgan fingerprint density at radius 1 is 0.704 bits per heavy atom. The van der Waals surface area contributed by atoms with Gasteiger partial charge in [-0.25, -0.2) is 0 Å². The molecule has 2 heteroatoms. The Kier molecular flexibility index (Phi) is 3.87. The molecule has 0 aliphatic rings. The van der Waals surface area contributed by atoms with Crippen molar-refractivity contribution in [1.82, 2.24) is 4.90 Å². The Hall–Kier alpha value is -2.84. The molecule has 1 heterocycles. The van der Waals surface area contributed by atoms with E-state index < -0.39 is 0 Å². The molecule has 0 N–H and O–H groups in total. The number of benzene rings is 4. The van der Waals surface area contributed by atoms with Gasteiger partial charge in [-0.15, -0.1) is 0 Å². The van der Waals surface area contributed by atoms with E-state index in [1.807, 2.05) is 0 Å². The molecule has 4 aromatic carbocycles. The molecule has 2 nitrogen and oxygen atoms in total. The molecule has 0 radical (unpaired) electrons. The molecular formula is C25H23NO. The van der Waals surface area contributed by atoms with Gasteiger partial charge in [-0.05, 0) is 58.4 Å². The molecule has 0 bridgehead atoms. The highest BCUT2D eigenvalue weighted by Gasteiger charge is 2.14. The summed E-state index contributed by atoms with van der Waals surface area (Å²) < 4.78 is 6.22. The molecule has 0 aliphatic heterocycles. The molecule has 27 heavy (non-hydrogen) atoms. The second-order valence-electron chi connectivity index (χ2n) is 7.22. The number of hydrogen-bond donors (Lipinski definition) is 0. The highest BCUT2D eigenvalue weighted by atomic mass is 16.3. The molecule has 0 amide bonds. The van der Waals surface area contributed by atoms with Gasteiger partial charge in [0.25, 0.3) is 0 Å². The third kappa shape index (κ3) is 2.60. The molecule has 0 spiro atoms. The van der Waals surface area contributed by atoms with Gasteiger partial charge in [0.1, 0.15) is 11.2 Å². The molecule has 0 saturated carbocycles. The average molecular weight is 353 g/mol. The molecule has 5 aromatic rings. The van der Waals surface area contributed by atoms with Gasteiger partial charge in [0, 0.05) is 17.3 Å². The van der Waals surface area contributed by atoms with Gasteiger partial charge >= 0.3 is 0 Å². The van der Waals surface area contributed by atoms with Crippen LogP contribution in [0.4, 0.5) is 0 Å². The van der Waals surface area contributed by atoms with Gasteiger partial charge in [-0.3, -0.25) is 4.90 Å². The molecule has 1 aromatic heterocycles. The van der Waals surface area contributed by atoms with Gasteiger partial charge in [-0.2, -0.15) is 0 Å². The molecule has 0 atom stereocenters. The van der Waals surface area contributed by atoms with Crippen LogP contribution in [-0.4, -0.2) is 18.0 Å². The summed E-state index contributed by atoms with van der Waals surface area (Å²) in [4.78, 5) is 2.45. The predicted molar refractivity (Wildman–Crippen MR) is 115 cm³/mol. The monoisotopic (exact) mass is 353 g/mol. The summed E-state index contributed by atoms with van der Waals surface area (Å²) in [6.45, 7) is 7.56. The zero-order chi connectivity index (χ0) is 18.4. The van der Waals surface area contributed by atoms with Crippen LogP contribution in [-0.2, 0) is 6.54 Å². The Bertz CT molecular complexity index is 1280. The maximum Gasteiger partial charge on any atom is 0.136 e. The van der Waals surface area contributed by atoms with Gasteiger partial charge < -0.3 is 4.42 Å². The van der Waals surface area contributed by atoms with Gasteiger partial charge in [0.15, 0.2) is 0 Å². The van der Waals surface area contributed by atoms with Crippen LogP contribution in [0.5, 0.6) is 0 Å². The van der Waals surface area contributed by atoms with E-state index in [0.717, 1.165) is 30.8 Å². The van der Waals surface area contributed by atoms with Crippen LogP contribution in [0.1, 0.15) is 19.4 Å². The van der Waals surface area contributed by atoms with Crippen LogP contribution in [0, 0.1) is 0 Å². The number of fused-ring (bicyclic) bond motifs is 7. The standard InChI is InChI=1S/C25H23NO/c1-3-26(4-2)16-17-9-10-19-12-14-23-25(21(19)15-17)24-20-8-6-5-7-18(20)11-13-22(24)27-23/h5-15H,3-4,16H2,1-2H3. The minimum Gasteiger partial charge on any atom is -0.456 e. The van der Waals surface area contributed by atoms with Crippen LogP contribution in [0.2, 0.25) is 0 Å². The van der Waals surface area contributed by atoms with Gasteiger partial charge in [0.05, 0.1) is 0 Å². The Balaban J connectivity index is 1.85. The Morgan fingerprint density at radius 3 is 2.07 bits per heavy atom. The number of rotatable bonds is 4. The lowest BCUT2D eigenvalue weighted by Crippen LogP contribution is -2.21. The van der Waals surface area contributed by atoms with E-state index in [-0.39, 0.29) is 0 Å². The molecule has 0 unspecified atom stereocenters. The first-order valence-corrected chi connectivity index (χ1v) is 9.76. The van der Waals surface area contributed by atoms with Crippen LogP contribution in [0.25, 0.3) is 43.5 Å². The van der Waals surface area contributed by atoms with E-state index in [0.29, 0.717) is 0 Å². The topological polar surface area (TPSA) is 16.4 Å². The molecular weight excluding hydrogens is 330 g/mol. The largest absolute Gasteiger partial charge is 0.456 e. The third-order valence-electron chi connectivity index (χ3n) is 5.71. The van der Waals surface area contributed by atoms with Crippen molar-refractivity contribution in [2.75, 3.05) is 13.1 Å². The highest BCUT2D eigenvalue weighted by Crippen LogP contribution is 2.38. The molecule has 0 saturated heterocycles. The quantitative estimate of drug-likeness (QED) is 0.356. The first-order chi connectivity index (χ1) is 13.3. The lowest BCUT2D eigenvalue weighted by Gasteiger charge is -2.18. The fourth-order valence-electron chi connectivity index (χ4n) is 4.21. The SMILES string of the molecule is CCN(CC)Cc1ccc2ccc3oc4ccc5ccccc5c4c3c2c1. The number of furan rings is 1. The second-order valence-corrected chi connectivity index (χ2v) is 7.22. The maximum atomic E-state index is 6.22. The lowest BCUT2D eigenvalue weighted by atomic mass is 9.98. The highest BCUT2D eigenvalue weighted by molar-refractivity contribution is 6.26.